The fourth-order valence-electron chi connectivity index (χ4n) is 3.46. The van der Waals surface area contributed by atoms with Gasteiger partial charge in [0, 0.05) is 5.92 Å². The Hall–Kier alpha value is -3.35. The fraction of sp³-hybridized carbons (Fsp3) is 0.318. The van der Waals surface area contributed by atoms with Crippen molar-refractivity contribution in [2.75, 3.05) is 6.61 Å². The largest absolute Gasteiger partial charge is 0.480 e. The molecule has 1 aliphatic carbocycles. The lowest BCUT2D eigenvalue weighted by Gasteiger charge is -2.17. The van der Waals surface area contributed by atoms with Gasteiger partial charge in [-0.2, -0.15) is 0 Å². The van der Waals surface area contributed by atoms with E-state index in [2.05, 4.69) is 5.32 Å². The van der Waals surface area contributed by atoms with Gasteiger partial charge in [0.25, 0.3) is 0 Å². The molecule has 0 aliphatic heterocycles. The quantitative estimate of drug-likeness (QED) is 0.695. The van der Waals surface area contributed by atoms with Crippen molar-refractivity contribution in [3.05, 3.63) is 59.7 Å². The maximum atomic E-state index is 12.2. The van der Waals surface area contributed by atoms with Crippen LogP contribution < -0.4 is 5.32 Å². The molecule has 7 heteroatoms. The lowest BCUT2D eigenvalue weighted by molar-refractivity contribution is -0.152. The molecule has 2 N–H and O–H groups in total. The number of fused-ring (bicyclic) bond motifs is 3. The molecule has 0 spiro atoms. The fourth-order valence-corrected chi connectivity index (χ4v) is 3.46. The van der Waals surface area contributed by atoms with E-state index >= 15 is 0 Å². The molecule has 0 heterocycles. The molecular weight excluding hydrogens is 374 g/mol. The van der Waals surface area contributed by atoms with Gasteiger partial charge in [0.2, 0.25) is 0 Å². The maximum absolute atomic E-state index is 12.2. The lowest BCUT2D eigenvalue weighted by Crippen LogP contribution is -2.43. The molecule has 0 saturated carbocycles. The summed E-state index contributed by atoms with van der Waals surface area (Å²) in [6.07, 6.45) is -1.74. The smallest absolute Gasteiger partial charge is 0.407 e. The molecule has 0 saturated heterocycles. The number of carboxylic acid groups (broad SMARTS) is 1. The van der Waals surface area contributed by atoms with Crippen LogP contribution in [0.3, 0.4) is 0 Å². The van der Waals surface area contributed by atoms with Crippen molar-refractivity contribution < 1.29 is 29.0 Å². The van der Waals surface area contributed by atoms with Crippen LogP contribution in [0.5, 0.6) is 0 Å². The van der Waals surface area contributed by atoms with Gasteiger partial charge in [-0.05, 0) is 36.1 Å². The number of ether oxygens (including phenoxy) is 2. The van der Waals surface area contributed by atoms with E-state index in [1.165, 1.54) is 0 Å². The van der Waals surface area contributed by atoms with Gasteiger partial charge in [-0.25, -0.2) is 9.59 Å². The Morgan fingerprint density at radius 3 is 2.07 bits per heavy atom. The molecular formula is C22H23NO6. The molecule has 7 nitrogen and oxygen atoms in total. The summed E-state index contributed by atoms with van der Waals surface area (Å²) in [7, 11) is 0. The molecule has 1 aliphatic rings. The van der Waals surface area contributed by atoms with Gasteiger partial charge in [0.1, 0.15) is 12.6 Å². The number of hydrogen-bond acceptors (Lipinski definition) is 5. The predicted molar refractivity (Wildman–Crippen MR) is 105 cm³/mol. The second-order valence-electron chi connectivity index (χ2n) is 7.10. The number of alkyl carbamates (subject to hydrolysis) is 1. The maximum Gasteiger partial charge on any atom is 0.407 e. The average molecular weight is 397 g/mol. The van der Waals surface area contributed by atoms with Gasteiger partial charge in [-0.15, -0.1) is 0 Å². The first-order valence-corrected chi connectivity index (χ1v) is 9.40. The highest BCUT2D eigenvalue weighted by molar-refractivity contribution is 5.85. The van der Waals surface area contributed by atoms with Crippen molar-refractivity contribution in [2.24, 2.45) is 0 Å². The highest BCUT2D eigenvalue weighted by Crippen LogP contribution is 2.44. The van der Waals surface area contributed by atoms with Crippen LogP contribution in [0.4, 0.5) is 4.79 Å². The van der Waals surface area contributed by atoms with E-state index in [4.69, 9.17) is 9.47 Å². The zero-order valence-corrected chi connectivity index (χ0v) is 16.3. The number of aliphatic carboxylic acids is 1. The molecule has 1 amide bonds. The first-order valence-electron chi connectivity index (χ1n) is 9.40. The third-order valence-corrected chi connectivity index (χ3v) is 4.67. The van der Waals surface area contributed by atoms with E-state index < -0.39 is 30.5 Å². The minimum Gasteiger partial charge on any atom is -0.480 e. The van der Waals surface area contributed by atoms with E-state index in [0.29, 0.717) is 0 Å². The Labute approximate surface area is 168 Å². The molecule has 0 radical (unpaired) electrons. The van der Waals surface area contributed by atoms with Crippen molar-refractivity contribution in [3.63, 3.8) is 0 Å². The summed E-state index contributed by atoms with van der Waals surface area (Å²) in [6.45, 7) is 3.38. The van der Waals surface area contributed by atoms with E-state index in [1.54, 1.807) is 13.8 Å². The van der Waals surface area contributed by atoms with Crippen LogP contribution in [0.15, 0.2) is 48.5 Å². The second-order valence-corrected chi connectivity index (χ2v) is 7.10. The number of carbonyl (C=O) groups excluding carboxylic acids is 2. The van der Waals surface area contributed by atoms with Gasteiger partial charge in [0.15, 0.2) is 0 Å². The molecule has 0 aromatic heterocycles. The number of hydrogen-bond donors (Lipinski definition) is 2. The standard InChI is InChI=1S/C22H23NO6/c1-13(2)29-20(24)11-19(21(25)26)23-22(27)28-12-18-16-9-5-3-7-14(16)15-8-4-6-10-17(15)18/h3-10,13,18-19H,11-12H2,1-2H3,(H,23,27)(H,25,26)/t19-/m0/s1. The Balaban J connectivity index is 1.64. The minimum absolute atomic E-state index is 0.0582. The van der Waals surface area contributed by atoms with E-state index in [9.17, 15) is 19.5 Å². The third-order valence-electron chi connectivity index (χ3n) is 4.67. The summed E-state index contributed by atoms with van der Waals surface area (Å²) in [6, 6.07) is 14.4. The predicted octanol–water partition coefficient (Wildman–Crippen LogP) is 3.32. The van der Waals surface area contributed by atoms with Gasteiger partial charge in [0.05, 0.1) is 12.5 Å². The number of carboxylic acids is 1. The van der Waals surface area contributed by atoms with Crippen LogP contribution in [-0.4, -0.2) is 41.9 Å². The van der Waals surface area contributed by atoms with Crippen LogP contribution in [0, 0.1) is 0 Å². The van der Waals surface area contributed by atoms with Crippen molar-refractivity contribution >= 4 is 18.0 Å². The summed E-state index contributed by atoms with van der Waals surface area (Å²) in [5.74, 6) is -2.17. The summed E-state index contributed by atoms with van der Waals surface area (Å²) >= 11 is 0. The lowest BCUT2D eigenvalue weighted by atomic mass is 9.98. The van der Waals surface area contributed by atoms with Crippen LogP contribution in [0.2, 0.25) is 0 Å². The third kappa shape index (κ3) is 4.74. The average Bonchev–Trinajstić information content (AvgIpc) is 2.99. The number of nitrogens with one attached hydrogen (secondary N) is 1. The molecule has 0 bridgehead atoms. The Morgan fingerprint density at radius 1 is 1.00 bits per heavy atom. The molecule has 1 atom stereocenters. The first-order chi connectivity index (χ1) is 13.9. The van der Waals surface area contributed by atoms with Crippen molar-refractivity contribution in [1.82, 2.24) is 5.32 Å². The van der Waals surface area contributed by atoms with Crippen LogP contribution in [-0.2, 0) is 19.1 Å². The van der Waals surface area contributed by atoms with Crippen molar-refractivity contribution in [3.8, 4) is 11.1 Å². The summed E-state index contributed by atoms with van der Waals surface area (Å²) in [4.78, 5) is 35.3. The van der Waals surface area contributed by atoms with Gasteiger partial charge >= 0.3 is 18.0 Å². The number of esters is 1. The zero-order valence-electron chi connectivity index (χ0n) is 16.3. The van der Waals surface area contributed by atoms with Crippen molar-refractivity contribution in [2.45, 2.75) is 38.3 Å². The molecule has 29 heavy (non-hydrogen) atoms. The number of benzene rings is 2. The van der Waals surface area contributed by atoms with Crippen LogP contribution in [0.1, 0.15) is 37.3 Å². The Morgan fingerprint density at radius 2 is 1.55 bits per heavy atom. The van der Waals surface area contributed by atoms with Gasteiger partial charge in [-0.3, -0.25) is 4.79 Å². The molecule has 2 aromatic rings. The van der Waals surface area contributed by atoms with Crippen molar-refractivity contribution in [1.29, 1.82) is 0 Å². The minimum atomic E-state index is -1.42. The Bertz CT molecular complexity index is 878. The van der Waals surface area contributed by atoms with E-state index in [0.717, 1.165) is 22.3 Å². The molecule has 2 aromatic carbocycles. The number of amides is 1. The molecule has 0 fully saturated rings. The SMILES string of the molecule is CC(C)OC(=O)C[C@H](NC(=O)OCC1c2ccccc2-c2ccccc21)C(=O)O. The molecule has 152 valence electrons. The van der Waals surface area contributed by atoms with Crippen LogP contribution >= 0.6 is 0 Å². The van der Waals surface area contributed by atoms with Gasteiger partial charge < -0.3 is 19.9 Å². The van der Waals surface area contributed by atoms with Crippen LogP contribution in [0.25, 0.3) is 11.1 Å². The summed E-state index contributed by atoms with van der Waals surface area (Å²) < 4.78 is 10.3. The number of carbonyl (C=O) groups is 3. The normalized spacial score (nSPS) is 13.3. The monoisotopic (exact) mass is 397 g/mol. The van der Waals surface area contributed by atoms with E-state index in [1.807, 2.05) is 48.5 Å². The Kier molecular flexibility index (Phi) is 6.16. The summed E-state index contributed by atoms with van der Waals surface area (Å²) in [5, 5.41) is 11.5. The first kappa shape index (κ1) is 20.4. The zero-order chi connectivity index (χ0) is 21.0. The van der Waals surface area contributed by atoms with Gasteiger partial charge in [-0.1, -0.05) is 48.5 Å². The van der Waals surface area contributed by atoms with E-state index in [-0.39, 0.29) is 18.6 Å². The number of rotatable bonds is 7. The molecule has 0 unspecified atom stereocenters. The summed E-state index contributed by atoms with van der Waals surface area (Å²) in [5.41, 5.74) is 4.29. The highest BCUT2D eigenvalue weighted by atomic mass is 16.6. The topological polar surface area (TPSA) is 102 Å². The second kappa shape index (κ2) is 8.77. The molecule has 3 rings (SSSR count). The highest BCUT2D eigenvalue weighted by Gasteiger charge is 2.30.